The molecule has 1 atom stereocenters. The Bertz CT molecular complexity index is 291. The van der Waals surface area contributed by atoms with Crippen LogP contribution < -0.4 is 5.32 Å². The highest BCUT2D eigenvalue weighted by Crippen LogP contribution is 2.44. The number of nitrogens with zero attached hydrogens (tertiary/aromatic N) is 1. The number of carbonyl (C=O) groups is 1. The smallest absolute Gasteiger partial charge is 0.227 e. The van der Waals surface area contributed by atoms with Crippen molar-refractivity contribution in [1.82, 2.24) is 10.2 Å². The fourth-order valence-corrected chi connectivity index (χ4v) is 3.96. The molecular weight excluding hydrogens is 212 g/mol. The van der Waals surface area contributed by atoms with Gasteiger partial charge in [-0.15, -0.1) is 0 Å². The van der Waals surface area contributed by atoms with E-state index in [0.717, 1.165) is 32.6 Å². The van der Waals surface area contributed by atoms with Gasteiger partial charge >= 0.3 is 0 Å². The minimum absolute atomic E-state index is 0.272. The number of carbonyl (C=O) groups excluding carboxylic acids is 1. The second-order valence-electron chi connectivity index (χ2n) is 6.26. The van der Waals surface area contributed by atoms with E-state index < -0.39 is 0 Å². The molecule has 2 saturated heterocycles. The van der Waals surface area contributed by atoms with E-state index in [4.69, 9.17) is 0 Å². The molecule has 0 aromatic carbocycles. The first kappa shape index (κ1) is 11.5. The average Bonchev–Trinajstić information content (AvgIpc) is 2.99. The predicted octanol–water partition coefficient (Wildman–Crippen LogP) is 1.78. The quantitative estimate of drug-likeness (QED) is 0.752. The number of hydrogen-bond acceptors (Lipinski definition) is 2. The molecule has 1 aliphatic carbocycles. The summed E-state index contributed by atoms with van der Waals surface area (Å²) in [7, 11) is 0. The second kappa shape index (κ2) is 4.60. The van der Waals surface area contributed by atoms with Crippen molar-refractivity contribution in [2.24, 2.45) is 11.3 Å². The molecule has 0 aromatic rings. The SMILES string of the molecule is O=C(C1CCNC1)N1CCC2(CCCCC2)C1. The van der Waals surface area contributed by atoms with Crippen molar-refractivity contribution in [3.63, 3.8) is 0 Å². The molecule has 1 unspecified atom stereocenters. The molecule has 3 nitrogen and oxygen atoms in total. The molecule has 0 radical (unpaired) electrons. The highest BCUT2D eigenvalue weighted by molar-refractivity contribution is 5.79. The van der Waals surface area contributed by atoms with Crippen molar-refractivity contribution in [3.8, 4) is 0 Å². The summed E-state index contributed by atoms with van der Waals surface area (Å²) in [5.41, 5.74) is 0.514. The topological polar surface area (TPSA) is 32.3 Å². The van der Waals surface area contributed by atoms with E-state index in [2.05, 4.69) is 10.2 Å². The molecule has 3 fully saturated rings. The lowest BCUT2D eigenvalue weighted by atomic mass is 9.73. The third kappa shape index (κ3) is 2.22. The fourth-order valence-electron chi connectivity index (χ4n) is 3.96. The summed E-state index contributed by atoms with van der Waals surface area (Å²) < 4.78 is 0. The summed E-state index contributed by atoms with van der Waals surface area (Å²) in [6.07, 6.45) is 9.20. The second-order valence-corrected chi connectivity index (χ2v) is 6.26. The Morgan fingerprint density at radius 3 is 2.71 bits per heavy atom. The molecule has 2 heterocycles. The van der Waals surface area contributed by atoms with E-state index in [9.17, 15) is 4.79 Å². The standard InChI is InChI=1S/C14H24N2O/c17-13(12-4-8-15-10-12)16-9-7-14(11-16)5-2-1-3-6-14/h12,15H,1-11H2. The number of rotatable bonds is 1. The largest absolute Gasteiger partial charge is 0.342 e. The highest BCUT2D eigenvalue weighted by Gasteiger charge is 2.41. The highest BCUT2D eigenvalue weighted by atomic mass is 16.2. The lowest BCUT2D eigenvalue weighted by Crippen LogP contribution is -2.37. The molecule has 1 N–H and O–H groups in total. The maximum atomic E-state index is 12.4. The van der Waals surface area contributed by atoms with Crippen LogP contribution in [0.3, 0.4) is 0 Å². The van der Waals surface area contributed by atoms with Crippen molar-refractivity contribution >= 4 is 5.91 Å². The zero-order valence-corrected chi connectivity index (χ0v) is 10.7. The maximum absolute atomic E-state index is 12.4. The van der Waals surface area contributed by atoms with Crippen LogP contribution in [-0.4, -0.2) is 37.0 Å². The molecule has 0 bridgehead atoms. The van der Waals surface area contributed by atoms with Gasteiger partial charge in [0.2, 0.25) is 5.91 Å². The Balaban J connectivity index is 1.60. The van der Waals surface area contributed by atoms with E-state index in [1.54, 1.807) is 0 Å². The zero-order chi connectivity index (χ0) is 11.7. The van der Waals surface area contributed by atoms with Crippen LogP contribution in [0.5, 0.6) is 0 Å². The van der Waals surface area contributed by atoms with Gasteiger partial charge in [-0.3, -0.25) is 4.79 Å². The number of nitrogens with one attached hydrogen (secondary N) is 1. The van der Waals surface area contributed by atoms with E-state index in [-0.39, 0.29) is 5.92 Å². The van der Waals surface area contributed by atoms with Crippen LogP contribution in [0.15, 0.2) is 0 Å². The zero-order valence-electron chi connectivity index (χ0n) is 10.7. The van der Waals surface area contributed by atoms with Crippen molar-refractivity contribution < 1.29 is 4.79 Å². The summed E-state index contributed by atoms with van der Waals surface area (Å²) in [6, 6.07) is 0. The molecular formula is C14H24N2O. The summed E-state index contributed by atoms with van der Waals surface area (Å²) >= 11 is 0. The van der Waals surface area contributed by atoms with Crippen LogP contribution in [0.1, 0.15) is 44.9 Å². The fraction of sp³-hybridized carbons (Fsp3) is 0.929. The van der Waals surface area contributed by atoms with Crippen molar-refractivity contribution in [2.75, 3.05) is 26.2 Å². The van der Waals surface area contributed by atoms with Gasteiger partial charge in [0.1, 0.15) is 0 Å². The van der Waals surface area contributed by atoms with E-state index in [1.165, 1.54) is 38.5 Å². The van der Waals surface area contributed by atoms with Gasteiger partial charge in [0, 0.05) is 19.6 Å². The third-order valence-electron chi connectivity index (χ3n) is 5.07. The van der Waals surface area contributed by atoms with Crippen molar-refractivity contribution in [2.45, 2.75) is 44.9 Å². The Kier molecular flexibility index (Phi) is 3.12. The predicted molar refractivity (Wildman–Crippen MR) is 67.7 cm³/mol. The minimum Gasteiger partial charge on any atom is -0.342 e. The van der Waals surface area contributed by atoms with Gasteiger partial charge in [0.25, 0.3) is 0 Å². The van der Waals surface area contributed by atoms with E-state index >= 15 is 0 Å². The van der Waals surface area contributed by atoms with Crippen LogP contribution in [0.2, 0.25) is 0 Å². The number of likely N-dealkylation sites (tertiary alicyclic amines) is 1. The molecule has 3 heteroatoms. The van der Waals surface area contributed by atoms with Crippen LogP contribution in [0.4, 0.5) is 0 Å². The number of amides is 1. The molecule has 3 rings (SSSR count). The molecule has 17 heavy (non-hydrogen) atoms. The lowest BCUT2D eigenvalue weighted by Gasteiger charge is -2.33. The Morgan fingerprint density at radius 1 is 1.18 bits per heavy atom. The monoisotopic (exact) mass is 236 g/mol. The Labute approximate surface area is 104 Å². The van der Waals surface area contributed by atoms with Gasteiger partial charge < -0.3 is 10.2 Å². The van der Waals surface area contributed by atoms with Crippen LogP contribution in [-0.2, 0) is 4.79 Å². The first-order chi connectivity index (χ1) is 8.29. The Morgan fingerprint density at radius 2 is 2.00 bits per heavy atom. The minimum atomic E-state index is 0.272. The first-order valence-corrected chi connectivity index (χ1v) is 7.29. The van der Waals surface area contributed by atoms with E-state index in [1.807, 2.05) is 0 Å². The summed E-state index contributed by atoms with van der Waals surface area (Å²) in [6.45, 7) is 4.01. The van der Waals surface area contributed by atoms with E-state index in [0.29, 0.717) is 11.3 Å². The Hall–Kier alpha value is -0.570. The van der Waals surface area contributed by atoms with Gasteiger partial charge in [0.05, 0.1) is 5.92 Å². The van der Waals surface area contributed by atoms with Gasteiger partial charge in [0.15, 0.2) is 0 Å². The van der Waals surface area contributed by atoms with Gasteiger partial charge in [-0.25, -0.2) is 0 Å². The van der Waals surface area contributed by atoms with Crippen molar-refractivity contribution in [1.29, 1.82) is 0 Å². The summed E-state index contributed by atoms with van der Waals surface area (Å²) in [4.78, 5) is 14.5. The molecule has 1 amide bonds. The van der Waals surface area contributed by atoms with Crippen LogP contribution in [0.25, 0.3) is 0 Å². The average molecular weight is 236 g/mol. The van der Waals surface area contributed by atoms with Gasteiger partial charge in [-0.05, 0) is 37.6 Å². The molecule has 2 aliphatic heterocycles. The van der Waals surface area contributed by atoms with Gasteiger partial charge in [-0.2, -0.15) is 0 Å². The van der Waals surface area contributed by atoms with Crippen molar-refractivity contribution in [3.05, 3.63) is 0 Å². The van der Waals surface area contributed by atoms with Crippen LogP contribution >= 0.6 is 0 Å². The third-order valence-corrected chi connectivity index (χ3v) is 5.07. The molecule has 1 saturated carbocycles. The normalized spacial score (nSPS) is 32.2. The number of hydrogen-bond donors (Lipinski definition) is 1. The molecule has 3 aliphatic rings. The molecule has 1 spiro atoms. The maximum Gasteiger partial charge on any atom is 0.227 e. The summed E-state index contributed by atoms with van der Waals surface area (Å²) in [5.74, 6) is 0.700. The first-order valence-electron chi connectivity index (χ1n) is 7.29. The van der Waals surface area contributed by atoms with Gasteiger partial charge in [-0.1, -0.05) is 19.3 Å². The lowest BCUT2D eigenvalue weighted by molar-refractivity contribution is -0.134. The molecule has 96 valence electrons. The molecule has 0 aromatic heterocycles. The summed E-state index contributed by atoms with van der Waals surface area (Å²) in [5, 5.41) is 3.30. The van der Waals surface area contributed by atoms with Crippen LogP contribution in [0, 0.1) is 11.3 Å².